The van der Waals surface area contributed by atoms with Crippen LogP contribution in [-0.4, -0.2) is 18.0 Å². The van der Waals surface area contributed by atoms with E-state index < -0.39 is 4.92 Å². The van der Waals surface area contributed by atoms with Crippen molar-refractivity contribution in [1.82, 2.24) is 5.32 Å². The van der Waals surface area contributed by atoms with Gasteiger partial charge in [-0.05, 0) is 24.4 Å². The van der Waals surface area contributed by atoms with Crippen LogP contribution in [0.4, 0.5) is 5.69 Å². The van der Waals surface area contributed by atoms with Gasteiger partial charge >= 0.3 is 0 Å². The van der Waals surface area contributed by atoms with Crippen LogP contribution in [0.1, 0.15) is 31.9 Å². The minimum atomic E-state index is -0.482. The third kappa shape index (κ3) is 3.76. The van der Waals surface area contributed by atoms with Gasteiger partial charge in [-0.2, -0.15) is 5.26 Å². The first-order chi connectivity index (χ1) is 8.79. The van der Waals surface area contributed by atoms with Gasteiger partial charge in [0.2, 0.25) is 0 Å². The molecule has 0 aliphatic rings. The topological polar surface area (TPSA) is 79.0 Å². The van der Waals surface area contributed by atoms with Crippen molar-refractivity contribution in [3.8, 4) is 6.07 Å². The van der Waals surface area contributed by atoms with Gasteiger partial charge < -0.3 is 5.32 Å². The smallest absolute Gasteiger partial charge is 0.270 e. The Kier molecular flexibility index (Phi) is 4.62. The molecule has 5 heteroatoms. The summed E-state index contributed by atoms with van der Waals surface area (Å²) in [6.45, 7) is 6.35. The molecule has 0 aliphatic carbocycles. The SMILES string of the molecule is CNC(Cc1ccc([N+](=O)[O-])cc1C#N)C(C)(C)C. The Balaban J connectivity index is 3.08. The van der Waals surface area contributed by atoms with Gasteiger partial charge in [0, 0.05) is 18.2 Å². The van der Waals surface area contributed by atoms with Crippen LogP contribution in [-0.2, 0) is 6.42 Å². The number of hydrogen-bond acceptors (Lipinski definition) is 4. The summed E-state index contributed by atoms with van der Waals surface area (Å²) in [5, 5.41) is 23.1. The monoisotopic (exact) mass is 261 g/mol. The molecule has 0 bridgehead atoms. The molecule has 0 saturated heterocycles. The molecule has 0 amide bonds. The Morgan fingerprint density at radius 1 is 1.47 bits per heavy atom. The van der Waals surface area contributed by atoms with E-state index in [1.54, 1.807) is 6.07 Å². The number of nitrogens with zero attached hydrogens (tertiary/aromatic N) is 2. The molecule has 0 aliphatic heterocycles. The Labute approximate surface area is 113 Å². The number of nitro groups is 1. The highest BCUT2D eigenvalue weighted by Gasteiger charge is 2.24. The minimum Gasteiger partial charge on any atom is -0.316 e. The normalized spacial score (nSPS) is 12.8. The van der Waals surface area contributed by atoms with Gasteiger partial charge in [-0.15, -0.1) is 0 Å². The highest BCUT2D eigenvalue weighted by atomic mass is 16.6. The van der Waals surface area contributed by atoms with E-state index in [0.29, 0.717) is 12.0 Å². The van der Waals surface area contributed by atoms with Crippen LogP contribution >= 0.6 is 0 Å². The standard InChI is InChI=1S/C14H19N3O2/c1-14(2,3)13(16-4)8-10-5-6-12(17(18)19)7-11(10)9-15/h5-7,13,16H,8H2,1-4H3. The summed E-state index contributed by atoms with van der Waals surface area (Å²) in [5.74, 6) is 0. The number of benzene rings is 1. The molecule has 0 saturated carbocycles. The number of nitriles is 1. The fourth-order valence-electron chi connectivity index (χ4n) is 2.02. The second-order valence-electron chi connectivity index (χ2n) is 5.62. The molecule has 0 aromatic heterocycles. The van der Waals surface area contributed by atoms with Gasteiger partial charge in [-0.25, -0.2) is 0 Å². The van der Waals surface area contributed by atoms with Crippen LogP contribution in [0.15, 0.2) is 18.2 Å². The fraction of sp³-hybridized carbons (Fsp3) is 0.500. The largest absolute Gasteiger partial charge is 0.316 e. The van der Waals surface area contributed by atoms with Gasteiger partial charge in [-0.3, -0.25) is 10.1 Å². The van der Waals surface area contributed by atoms with Gasteiger partial charge in [0.05, 0.1) is 16.6 Å². The summed E-state index contributed by atoms with van der Waals surface area (Å²) >= 11 is 0. The maximum atomic E-state index is 10.7. The average Bonchev–Trinajstić information content (AvgIpc) is 2.34. The number of likely N-dealkylation sites (N-methyl/N-ethyl adjacent to an activating group) is 1. The van der Waals surface area contributed by atoms with Gasteiger partial charge in [-0.1, -0.05) is 26.8 Å². The zero-order valence-electron chi connectivity index (χ0n) is 11.7. The number of non-ortho nitro benzene ring substituents is 1. The molecule has 0 fully saturated rings. The van der Waals surface area contributed by atoms with Crippen molar-refractivity contribution in [2.45, 2.75) is 33.2 Å². The zero-order valence-corrected chi connectivity index (χ0v) is 11.7. The van der Waals surface area contributed by atoms with Gasteiger partial charge in [0.15, 0.2) is 0 Å². The number of hydrogen-bond donors (Lipinski definition) is 1. The fourth-order valence-corrected chi connectivity index (χ4v) is 2.02. The van der Waals surface area contributed by atoms with E-state index in [0.717, 1.165) is 5.56 Å². The molecule has 1 N–H and O–H groups in total. The highest BCUT2D eigenvalue weighted by molar-refractivity contribution is 5.46. The molecule has 0 spiro atoms. The third-order valence-corrected chi connectivity index (χ3v) is 3.24. The molecular formula is C14H19N3O2. The summed E-state index contributed by atoms with van der Waals surface area (Å²) in [4.78, 5) is 10.2. The van der Waals surface area contributed by atoms with Crippen molar-refractivity contribution in [2.24, 2.45) is 5.41 Å². The molecule has 5 nitrogen and oxygen atoms in total. The summed E-state index contributed by atoms with van der Waals surface area (Å²) < 4.78 is 0. The molecule has 0 heterocycles. The first kappa shape index (κ1) is 15.1. The summed E-state index contributed by atoms with van der Waals surface area (Å²) in [7, 11) is 1.88. The highest BCUT2D eigenvalue weighted by Crippen LogP contribution is 2.25. The second kappa shape index (κ2) is 5.81. The lowest BCUT2D eigenvalue weighted by Gasteiger charge is -2.30. The van der Waals surface area contributed by atoms with Crippen molar-refractivity contribution < 1.29 is 4.92 Å². The summed E-state index contributed by atoms with van der Waals surface area (Å²) in [5.41, 5.74) is 1.21. The van der Waals surface area contributed by atoms with Crippen LogP contribution in [0.5, 0.6) is 0 Å². The second-order valence-corrected chi connectivity index (χ2v) is 5.62. The molecule has 1 rings (SSSR count). The Morgan fingerprint density at radius 2 is 2.11 bits per heavy atom. The van der Waals surface area contributed by atoms with Crippen LogP contribution in [0, 0.1) is 26.9 Å². The van der Waals surface area contributed by atoms with Gasteiger partial charge in [0.1, 0.15) is 0 Å². The predicted octanol–water partition coefficient (Wildman–Crippen LogP) is 2.64. The summed E-state index contributed by atoms with van der Waals surface area (Å²) in [6.07, 6.45) is 0.668. The summed E-state index contributed by atoms with van der Waals surface area (Å²) in [6, 6.07) is 6.70. The van der Waals surface area contributed by atoms with Crippen molar-refractivity contribution in [2.75, 3.05) is 7.05 Å². The van der Waals surface area contributed by atoms with Crippen molar-refractivity contribution >= 4 is 5.69 Å². The Bertz CT molecular complexity index is 512. The van der Waals surface area contributed by atoms with E-state index in [9.17, 15) is 10.1 Å². The average molecular weight is 261 g/mol. The van der Waals surface area contributed by atoms with Crippen LogP contribution < -0.4 is 5.32 Å². The maximum absolute atomic E-state index is 10.7. The minimum absolute atomic E-state index is 0.0444. The maximum Gasteiger partial charge on any atom is 0.270 e. The molecule has 1 aromatic carbocycles. The van der Waals surface area contributed by atoms with E-state index in [2.05, 4.69) is 26.1 Å². The molecule has 1 aromatic rings. The Morgan fingerprint density at radius 3 is 2.53 bits per heavy atom. The number of nitro benzene ring substituents is 1. The van der Waals surface area contributed by atoms with E-state index in [1.165, 1.54) is 12.1 Å². The van der Waals surface area contributed by atoms with E-state index in [-0.39, 0.29) is 17.1 Å². The quantitative estimate of drug-likeness (QED) is 0.667. The molecule has 1 atom stereocenters. The van der Waals surface area contributed by atoms with Crippen LogP contribution in [0.2, 0.25) is 0 Å². The first-order valence-corrected chi connectivity index (χ1v) is 6.14. The van der Waals surface area contributed by atoms with Crippen LogP contribution in [0.3, 0.4) is 0 Å². The molecule has 102 valence electrons. The Hall–Kier alpha value is -1.93. The molecule has 19 heavy (non-hydrogen) atoms. The predicted molar refractivity (Wildman–Crippen MR) is 73.8 cm³/mol. The van der Waals surface area contributed by atoms with Crippen molar-refractivity contribution in [3.05, 3.63) is 39.4 Å². The van der Waals surface area contributed by atoms with Gasteiger partial charge in [0.25, 0.3) is 5.69 Å². The molecular weight excluding hydrogens is 242 g/mol. The molecule has 0 radical (unpaired) electrons. The molecule has 1 unspecified atom stereocenters. The third-order valence-electron chi connectivity index (χ3n) is 3.24. The van der Waals surface area contributed by atoms with Crippen LogP contribution in [0.25, 0.3) is 0 Å². The number of nitrogens with one attached hydrogen (secondary N) is 1. The van der Waals surface area contributed by atoms with E-state index >= 15 is 0 Å². The van der Waals surface area contributed by atoms with Crippen molar-refractivity contribution in [3.63, 3.8) is 0 Å². The zero-order chi connectivity index (χ0) is 14.6. The van der Waals surface area contributed by atoms with E-state index in [4.69, 9.17) is 5.26 Å². The first-order valence-electron chi connectivity index (χ1n) is 6.14. The van der Waals surface area contributed by atoms with E-state index in [1.807, 2.05) is 13.1 Å². The lowest BCUT2D eigenvalue weighted by Crippen LogP contribution is -2.39. The lowest BCUT2D eigenvalue weighted by atomic mass is 9.82. The number of rotatable bonds is 4. The lowest BCUT2D eigenvalue weighted by molar-refractivity contribution is -0.384. The van der Waals surface area contributed by atoms with Crippen molar-refractivity contribution in [1.29, 1.82) is 5.26 Å².